The Labute approximate surface area is 260 Å². The van der Waals surface area contributed by atoms with Crippen LogP contribution < -0.4 is 10.6 Å². The predicted octanol–water partition coefficient (Wildman–Crippen LogP) is 3.90. The molecular weight excluding hydrogens is 607 g/mol. The summed E-state index contributed by atoms with van der Waals surface area (Å²) in [6, 6.07) is 0.199. The van der Waals surface area contributed by atoms with Crippen molar-refractivity contribution in [2.75, 3.05) is 25.1 Å². The summed E-state index contributed by atoms with van der Waals surface area (Å²) in [5.74, 6) is -1.65. The number of hydrogen-bond donors (Lipinski definition) is 4. The van der Waals surface area contributed by atoms with Gasteiger partial charge in [-0.2, -0.15) is 13.2 Å². The summed E-state index contributed by atoms with van der Waals surface area (Å²) in [6.45, 7) is 3.55. The van der Waals surface area contributed by atoms with Crippen molar-refractivity contribution in [2.45, 2.75) is 115 Å². The van der Waals surface area contributed by atoms with E-state index in [9.17, 15) is 28.2 Å². The van der Waals surface area contributed by atoms with Gasteiger partial charge in [-0.3, -0.25) is 9.48 Å². The molecule has 3 heterocycles. The van der Waals surface area contributed by atoms with Crippen LogP contribution in [0.15, 0.2) is 12.3 Å². The van der Waals surface area contributed by atoms with E-state index >= 15 is 0 Å². The van der Waals surface area contributed by atoms with Gasteiger partial charge in [0.15, 0.2) is 0 Å². The van der Waals surface area contributed by atoms with Crippen LogP contribution in [0.4, 0.5) is 19.0 Å². The summed E-state index contributed by atoms with van der Waals surface area (Å²) < 4.78 is 51.9. The number of carbonyl (C=O) groups is 1. The number of ether oxygens (including phenoxy) is 2. The number of halogens is 4. The Morgan fingerprint density at radius 1 is 1.09 bits per heavy atom. The molecule has 3 rings (SSSR count). The lowest BCUT2D eigenvalue weighted by Gasteiger charge is -2.38. The van der Waals surface area contributed by atoms with E-state index in [-0.39, 0.29) is 24.9 Å². The lowest BCUT2D eigenvalue weighted by molar-refractivity contribution is -0.159. The number of hydrogen-bond acceptors (Lipinski definition) is 10. The molecule has 0 aliphatic carbocycles. The van der Waals surface area contributed by atoms with E-state index in [1.807, 2.05) is 17.8 Å². The molecule has 1 saturated heterocycles. The summed E-state index contributed by atoms with van der Waals surface area (Å²) in [4.78, 5) is 17.9. The number of carbonyl (C=O) groups excluding carboxylic acids is 1. The lowest BCUT2D eigenvalue weighted by atomic mass is 9.98. The Balaban J connectivity index is 1.17. The first-order valence-electron chi connectivity index (χ1n) is 15.2. The van der Waals surface area contributed by atoms with Gasteiger partial charge in [0.25, 0.3) is 0 Å². The van der Waals surface area contributed by atoms with Crippen LogP contribution in [0.5, 0.6) is 0 Å². The van der Waals surface area contributed by atoms with Crippen molar-refractivity contribution in [1.29, 1.82) is 0 Å². The van der Waals surface area contributed by atoms with E-state index in [2.05, 4.69) is 30.9 Å². The van der Waals surface area contributed by atoms with Crippen LogP contribution in [0.3, 0.4) is 0 Å². The lowest BCUT2D eigenvalue weighted by Crippen LogP contribution is -2.57. The maximum atomic E-state index is 13.0. The van der Waals surface area contributed by atoms with Gasteiger partial charge < -0.3 is 30.3 Å². The van der Waals surface area contributed by atoms with E-state index in [1.54, 1.807) is 0 Å². The fourth-order valence-electron chi connectivity index (χ4n) is 4.72. The Hall–Kier alpha value is -2.59. The average molecular weight is 650 g/mol. The van der Waals surface area contributed by atoms with Crippen LogP contribution in [0.1, 0.15) is 82.7 Å². The zero-order chi connectivity index (χ0) is 32.0. The molecule has 44 heavy (non-hydrogen) atoms. The van der Waals surface area contributed by atoms with Crippen molar-refractivity contribution >= 4 is 23.3 Å². The molecule has 0 saturated carbocycles. The normalized spacial score (nSPS) is 20.5. The van der Waals surface area contributed by atoms with Gasteiger partial charge in [0.2, 0.25) is 11.7 Å². The highest BCUT2D eigenvalue weighted by Crippen LogP contribution is 2.29. The second kappa shape index (κ2) is 18.4. The van der Waals surface area contributed by atoms with Gasteiger partial charge in [0.05, 0.1) is 32.0 Å². The highest BCUT2D eigenvalue weighted by atomic mass is 35.5. The Morgan fingerprint density at radius 3 is 2.45 bits per heavy atom. The largest absolute Gasteiger partial charge is 0.451 e. The molecule has 1 fully saturated rings. The van der Waals surface area contributed by atoms with Crippen molar-refractivity contribution < 1.29 is 37.7 Å². The van der Waals surface area contributed by atoms with Crippen molar-refractivity contribution in [3.8, 4) is 0 Å². The molecule has 12 nitrogen and oxygen atoms in total. The zero-order valence-corrected chi connectivity index (χ0v) is 25.7. The number of aromatic nitrogens is 5. The molecule has 4 atom stereocenters. The molecular formula is C28H43ClF3N7O5. The van der Waals surface area contributed by atoms with Gasteiger partial charge in [-0.05, 0) is 12.8 Å². The summed E-state index contributed by atoms with van der Waals surface area (Å²) in [5, 5.41) is 34.1. The first-order chi connectivity index (χ1) is 21.1. The first kappa shape index (κ1) is 35.9. The molecule has 0 aromatic carbocycles. The van der Waals surface area contributed by atoms with E-state index in [0.29, 0.717) is 19.6 Å². The third-order valence-corrected chi connectivity index (χ3v) is 7.44. The molecule has 16 heteroatoms. The van der Waals surface area contributed by atoms with Gasteiger partial charge in [-0.25, -0.2) is 9.97 Å². The van der Waals surface area contributed by atoms with Gasteiger partial charge >= 0.3 is 6.18 Å². The van der Waals surface area contributed by atoms with Crippen LogP contribution in [0.2, 0.25) is 5.15 Å². The van der Waals surface area contributed by atoms with Crippen molar-refractivity contribution in [1.82, 2.24) is 30.3 Å². The quantitative estimate of drug-likeness (QED) is 0.130. The molecule has 4 N–H and O–H groups in total. The fourth-order valence-corrected chi connectivity index (χ4v) is 4.91. The number of amides is 1. The standard InChI is InChI=1S/C28H43ClF3N7O5/c1-2-24(40)33-15-19-16-39(38-37-19)12-10-8-6-4-3-5-7-9-11-13-43-18-21-26(42)25(41)20(17-44-21)34-23-14-22(29)35-27(36-23)28(30,31)32/h14,16,20-21,25-26,41-42H,2-13,15,17-18H2,1H3,(H,33,40)(H,34,35,36)/t20-,21+,25+,26-/m0/s1. The van der Waals surface area contributed by atoms with Crippen molar-refractivity contribution in [3.05, 3.63) is 28.9 Å². The van der Waals surface area contributed by atoms with Crippen molar-refractivity contribution in [3.63, 3.8) is 0 Å². The number of rotatable bonds is 19. The van der Waals surface area contributed by atoms with Gasteiger partial charge in [-0.1, -0.05) is 68.7 Å². The number of aryl methyl sites for hydroxylation is 1. The van der Waals surface area contributed by atoms with E-state index in [1.165, 1.54) is 19.3 Å². The minimum absolute atomic E-state index is 0.00278. The summed E-state index contributed by atoms with van der Waals surface area (Å²) in [7, 11) is 0. The molecule has 0 spiro atoms. The molecule has 1 aliphatic heterocycles. The molecule has 0 bridgehead atoms. The maximum Gasteiger partial charge on any atom is 0.451 e. The van der Waals surface area contributed by atoms with Crippen LogP contribution in [-0.4, -0.2) is 85.3 Å². The third-order valence-electron chi connectivity index (χ3n) is 7.25. The number of unbranched alkanes of at least 4 members (excludes halogenated alkanes) is 8. The SMILES string of the molecule is CCC(=O)NCc1cn(CCCCCCCCCCCOC[C@H]2OC[C@H](Nc3cc(Cl)nc(C(F)(F)F)n3)[C@@H](O)[C@H]2O)nn1. The maximum absolute atomic E-state index is 13.0. The highest BCUT2D eigenvalue weighted by molar-refractivity contribution is 6.29. The second-order valence-electron chi connectivity index (χ2n) is 10.9. The number of aliphatic hydroxyl groups is 2. The molecule has 0 unspecified atom stereocenters. The van der Waals surface area contributed by atoms with Crippen LogP contribution in [0.25, 0.3) is 0 Å². The molecule has 1 aliphatic rings. The second-order valence-corrected chi connectivity index (χ2v) is 11.2. The number of aliphatic hydroxyl groups excluding tert-OH is 2. The Bertz CT molecular complexity index is 1140. The number of anilines is 1. The molecule has 0 radical (unpaired) electrons. The minimum atomic E-state index is -4.78. The Kier molecular flexibility index (Phi) is 15.0. The molecule has 2 aromatic heterocycles. The first-order valence-corrected chi connectivity index (χ1v) is 15.5. The van der Waals surface area contributed by atoms with Crippen LogP contribution in [-0.2, 0) is 33.5 Å². The van der Waals surface area contributed by atoms with E-state index in [0.717, 1.165) is 56.8 Å². The topological polar surface area (TPSA) is 157 Å². The summed E-state index contributed by atoms with van der Waals surface area (Å²) in [6.07, 6.45) is 4.03. The minimum Gasteiger partial charge on any atom is -0.388 e. The highest BCUT2D eigenvalue weighted by Gasteiger charge is 2.40. The van der Waals surface area contributed by atoms with Crippen LogP contribution in [0, 0.1) is 0 Å². The van der Waals surface area contributed by atoms with E-state index < -0.39 is 41.5 Å². The number of nitrogens with one attached hydrogen (secondary N) is 2. The summed E-state index contributed by atoms with van der Waals surface area (Å²) in [5.41, 5.74) is 0.764. The molecule has 2 aromatic rings. The number of alkyl halides is 3. The van der Waals surface area contributed by atoms with Gasteiger partial charge in [0.1, 0.15) is 35.0 Å². The summed E-state index contributed by atoms with van der Waals surface area (Å²) >= 11 is 5.68. The predicted molar refractivity (Wildman–Crippen MR) is 156 cm³/mol. The Morgan fingerprint density at radius 2 is 1.77 bits per heavy atom. The van der Waals surface area contributed by atoms with Gasteiger partial charge in [0, 0.05) is 25.6 Å². The van der Waals surface area contributed by atoms with E-state index in [4.69, 9.17) is 21.1 Å². The fraction of sp³-hybridized carbons (Fsp3) is 0.750. The average Bonchev–Trinajstić information content (AvgIpc) is 3.44. The molecule has 1 amide bonds. The van der Waals surface area contributed by atoms with Crippen LogP contribution >= 0.6 is 11.6 Å². The van der Waals surface area contributed by atoms with Crippen molar-refractivity contribution in [2.24, 2.45) is 0 Å². The monoisotopic (exact) mass is 649 g/mol. The number of nitrogens with zero attached hydrogens (tertiary/aromatic N) is 5. The third kappa shape index (κ3) is 12.4. The van der Waals surface area contributed by atoms with Gasteiger partial charge in [-0.15, -0.1) is 5.10 Å². The zero-order valence-electron chi connectivity index (χ0n) is 24.9. The smallest absolute Gasteiger partial charge is 0.388 e. The molecule has 248 valence electrons.